The van der Waals surface area contributed by atoms with Crippen molar-refractivity contribution < 1.29 is 13.0 Å². The average molecular weight is 275 g/mol. The molecule has 0 heterocycles. The van der Waals surface area contributed by atoms with Crippen LogP contribution in [0.15, 0.2) is 23.1 Å². The second kappa shape index (κ2) is 6.95. The van der Waals surface area contributed by atoms with E-state index in [-0.39, 0.29) is 16.2 Å². The van der Waals surface area contributed by atoms with Gasteiger partial charge in [-0.25, -0.2) is 8.78 Å². The normalized spacial score (nSPS) is 16.3. The van der Waals surface area contributed by atoms with Gasteiger partial charge in [-0.15, -0.1) is 0 Å². The largest absolute Gasteiger partial charge is 0.313 e. The Morgan fingerprint density at radius 3 is 2.56 bits per heavy atom. The summed E-state index contributed by atoms with van der Waals surface area (Å²) in [7, 11) is -1.56. The second-order valence-electron chi connectivity index (χ2n) is 4.15. The maximum Gasteiger partial charge on any atom is 0.139 e. The van der Waals surface area contributed by atoms with Gasteiger partial charge < -0.3 is 5.32 Å². The molecule has 0 spiro atoms. The zero-order valence-electron chi connectivity index (χ0n) is 10.9. The van der Waals surface area contributed by atoms with Crippen LogP contribution in [0.1, 0.15) is 27.2 Å². The van der Waals surface area contributed by atoms with Gasteiger partial charge >= 0.3 is 0 Å². The molecule has 1 N–H and O–H groups in total. The Morgan fingerprint density at radius 1 is 1.33 bits per heavy atom. The van der Waals surface area contributed by atoms with Crippen molar-refractivity contribution in [2.45, 2.75) is 43.4 Å². The highest BCUT2D eigenvalue weighted by atomic mass is 32.2. The molecule has 0 bridgehead atoms. The molecule has 1 aromatic carbocycles. The molecule has 0 radical (unpaired) electrons. The van der Waals surface area contributed by atoms with Crippen LogP contribution in [0.3, 0.4) is 0 Å². The van der Waals surface area contributed by atoms with Crippen LogP contribution in [0, 0.1) is 11.6 Å². The van der Waals surface area contributed by atoms with E-state index < -0.39 is 22.4 Å². The monoisotopic (exact) mass is 275 g/mol. The molecule has 3 unspecified atom stereocenters. The summed E-state index contributed by atoms with van der Waals surface area (Å²) < 4.78 is 38.9. The van der Waals surface area contributed by atoms with Crippen LogP contribution in [0.2, 0.25) is 0 Å². The van der Waals surface area contributed by atoms with Gasteiger partial charge in [0.2, 0.25) is 0 Å². The topological polar surface area (TPSA) is 29.1 Å². The molecule has 0 saturated carbocycles. The zero-order chi connectivity index (χ0) is 13.7. The van der Waals surface area contributed by atoms with Gasteiger partial charge in [0.1, 0.15) is 11.6 Å². The molecule has 2 nitrogen and oxygen atoms in total. The third-order valence-electron chi connectivity index (χ3n) is 2.92. The summed E-state index contributed by atoms with van der Waals surface area (Å²) in [5.74, 6) is -1.18. The summed E-state index contributed by atoms with van der Waals surface area (Å²) in [6.07, 6.45) is 0.789. The molecule has 0 amide bonds. The van der Waals surface area contributed by atoms with Gasteiger partial charge in [0, 0.05) is 6.04 Å². The first-order valence-corrected chi connectivity index (χ1v) is 7.31. The molecule has 0 saturated heterocycles. The minimum absolute atomic E-state index is 0.0264. The van der Waals surface area contributed by atoms with E-state index in [0.29, 0.717) is 0 Å². The summed E-state index contributed by atoms with van der Waals surface area (Å²) in [6, 6.07) is 3.09. The fraction of sp³-hybridized carbons (Fsp3) is 0.538. The van der Waals surface area contributed by atoms with Crippen molar-refractivity contribution in [3.8, 4) is 0 Å². The summed E-state index contributed by atoms with van der Waals surface area (Å²) in [5, 5.41) is 2.94. The number of hydrogen-bond donors (Lipinski definition) is 1. The van der Waals surface area contributed by atoms with Crippen molar-refractivity contribution in [1.29, 1.82) is 0 Å². The van der Waals surface area contributed by atoms with Crippen molar-refractivity contribution in [2.24, 2.45) is 0 Å². The van der Waals surface area contributed by atoms with Crippen LogP contribution in [-0.2, 0) is 10.8 Å². The third kappa shape index (κ3) is 3.59. The van der Waals surface area contributed by atoms with Gasteiger partial charge in [-0.1, -0.05) is 13.8 Å². The molecule has 3 atom stereocenters. The minimum Gasteiger partial charge on any atom is -0.313 e. The molecule has 0 aromatic heterocycles. The quantitative estimate of drug-likeness (QED) is 0.865. The van der Waals surface area contributed by atoms with Crippen molar-refractivity contribution in [2.75, 3.05) is 6.54 Å². The first kappa shape index (κ1) is 15.2. The fourth-order valence-electron chi connectivity index (χ4n) is 1.89. The van der Waals surface area contributed by atoms with E-state index in [1.54, 1.807) is 6.92 Å². The van der Waals surface area contributed by atoms with Gasteiger partial charge in [-0.3, -0.25) is 4.21 Å². The predicted molar refractivity (Wildman–Crippen MR) is 70.0 cm³/mol. The number of benzene rings is 1. The predicted octanol–water partition coefficient (Wildman–Crippen LogP) is 2.85. The lowest BCUT2D eigenvalue weighted by Crippen LogP contribution is -2.40. The smallest absolute Gasteiger partial charge is 0.139 e. The average Bonchev–Trinajstić information content (AvgIpc) is 2.37. The Labute approximate surface area is 109 Å². The molecule has 1 aromatic rings. The van der Waals surface area contributed by atoms with E-state index in [1.807, 2.05) is 13.8 Å². The standard InChI is InChI=1S/C13H19F2NOS/c1-4-12(16-5-2)9(3)18(17)13-8-10(14)6-7-11(13)15/h6-9,12,16H,4-5H2,1-3H3. The molecule has 5 heteroatoms. The van der Waals surface area contributed by atoms with Crippen LogP contribution in [0.5, 0.6) is 0 Å². The zero-order valence-corrected chi connectivity index (χ0v) is 11.7. The van der Waals surface area contributed by atoms with E-state index >= 15 is 0 Å². The molecular formula is C13H19F2NOS. The van der Waals surface area contributed by atoms with Crippen LogP contribution in [0.4, 0.5) is 8.78 Å². The molecule has 0 aliphatic rings. The van der Waals surface area contributed by atoms with Gasteiger partial charge in [0.15, 0.2) is 0 Å². The lowest BCUT2D eigenvalue weighted by atomic mass is 10.2. The molecule has 0 aliphatic heterocycles. The van der Waals surface area contributed by atoms with Gasteiger partial charge in [-0.05, 0) is 38.1 Å². The van der Waals surface area contributed by atoms with Crippen molar-refractivity contribution in [3.63, 3.8) is 0 Å². The third-order valence-corrected chi connectivity index (χ3v) is 4.67. The van der Waals surface area contributed by atoms with Crippen molar-refractivity contribution >= 4 is 10.8 Å². The highest BCUT2D eigenvalue weighted by Gasteiger charge is 2.24. The van der Waals surface area contributed by atoms with Crippen molar-refractivity contribution in [1.82, 2.24) is 5.32 Å². The van der Waals surface area contributed by atoms with Crippen LogP contribution >= 0.6 is 0 Å². The first-order chi connectivity index (χ1) is 8.51. The van der Waals surface area contributed by atoms with Crippen LogP contribution < -0.4 is 5.32 Å². The Balaban J connectivity index is 2.95. The van der Waals surface area contributed by atoms with E-state index in [2.05, 4.69) is 5.32 Å². The van der Waals surface area contributed by atoms with Crippen LogP contribution in [-0.4, -0.2) is 22.0 Å². The highest BCUT2D eigenvalue weighted by molar-refractivity contribution is 7.85. The molecule has 18 heavy (non-hydrogen) atoms. The molecule has 0 fully saturated rings. The molecule has 102 valence electrons. The maximum absolute atomic E-state index is 13.6. The summed E-state index contributed by atoms with van der Waals surface area (Å²) in [5.41, 5.74) is 0. The molecule has 0 aliphatic carbocycles. The first-order valence-electron chi connectivity index (χ1n) is 6.10. The highest BCUT2D eigenvalue weighted by Crippen LogP contribution is 2.19. The second-order valence-corrected chi connectivity index (χ2v) is 5.93. The minimum atomic E-state index is -1.56. The Morgan fingerprint density at radius 2 is 2.00 bits per heavy atom. The van der Waals surface area contributed by atoms with E-state index in [4.69, 9.17) is 0 Å². The Hall–Kier alpha value is -0.810. The van der Waals surface area contributed by atoms with E-state index in [9.17, 15) is 13.0 Å². The fourth-order valence-corrected chi connectivity index (χ4v) is 3.36. The number of rotatable bonds is 6. The Bertz CT molecular complexity index is 425. The molecule has 1 rings (SSSR count). The van der Waals surface area contributed by atoms with Gasteiger partial charge in [0.25, 0.3) is 0 Å². The van der Waals surface area contributed by atoms with Gasteiger partial charge in [0.05, 0.1) is 20.9 Å². The summed E-state index contributed by atoms with van der Waals surface area (Å²) >= 11 is 0. The Kier molecular flexibility index (Phi) is 5.88. The SMILES string of the molecule is CCNC(CC)C(C)S(=O)c1cc(F)ccc1F. The molecular weight excluding hydrogens is 256 g/mol. The van der Waals surface area contributed by atoms with Gasteiger partial charge in [-0.2, -0.15) is 0 Å². The summed E-state index contributed by atoms with van der Waals surface area (Å²) in [6.45, 7) is 6.48. The number of hydrogen-bond acceptors (Lipinski definition) is 2. The number of halogens is 2. The van der Waals surface area contributed by atoms with Crippen molar-refractivity contribution in [3.05, 3.63) is 29.8 Å². The summed E-state index contributed by atoms with van der Waals surface area (Å²) in [4.78, 5) is -0.0566. The lowest BCUT2D eigenvalue weighted by molar-refractivity contribution is 0.497. The van der Waals surface area contributed by atoms with E-state index in [1.165, 1.54) is 0 Å². The van der Waals surface area contributed by atoms with E-state index in [0.717, 1.165) is 31.2 Å². The maximum atomic E-state index is 13.6. The number of nitrogens with one attached hydrogen (secondary N) is 1. The van der Waals surface area contributed by atoms with Crippen LogP contribution in [0.25, 0.3) is 0 Å². The lowest BCUT2D eigenvalue weighted by Gasteiger charge is -2.23.